The van der Waals surface area contributed by atoms with Crippen LogP contribution < -0.4 is 15.6 Å². The fourth-order valence-electron chi connectivity index (χ4n) is 3.17. The van der Waals surface area contributed by atoms with Crippen molar-refractivity contribution < 1.29 is 9.53 Å². The first-order valence-corrected chi connectivity index (χ1v) is 10.3. The predicted octanol–water partition coefficient (Wildman–Crippen LogP) is 3.76. The molecule has 0 fully saturated rings. The number of benzene rings is 2. The summed E-state index contributed by atoms with van der Waals surface area (Å²) in [6, 6.07) is 17.4. The summed E-state index contributed by atoms with van der Waals surface area (Å²) in [6.45, 7) is 2.36. The van der Waals surface area contributed by atoms with Gasteiger partial charge in [-0.1, -0.05) is 24.3 Å². The first-order valence-electron chi connectivity index (χ1n) is 9.50. The Kier molecular flexibility index (Phi) is 5.63. The Morgan fingerprint density at radius 2 is 1.93 bits per heavy atom. The standard InChI is InChI=1S/C23H21N3O3S/c1-15-5-3-4-6-17(15)12-24-21(27)13-26-14-25-19-11-20(30-22(19)23(26)28)16-7-9-18(29-2)10-8-16/h3-11,14H,12-13H2,1-2H3,(H,24,27). The Balaban J connectivity index is 1.52. The van der Waals surface area contributed by atoms with Gasteiger partial charge in [0.1, 0.15) is 17.0 Å². The Hall–Kier alpha value is -3.45. The molecule has 2 aromatic carbocycles. The van der Waals surface area contributed by atoms with Crippen molar-refractivity contribution in [2.75, 3.05) is 7.11 Å². The first-order chi connectivity index (χ1) is 14.5. The quantitative estimate of drug-likeness (QED) is 0.517. The van der Waals surface area contributed by atoms with Crippen molar-refractivity contribution in [3.63, 3.8) is 0 Å². The molecule has 0 spiro atoms. The van der Waals surface area contributed by atoms with Crippen LogP contribution in [0.3, 0.4) is 0 Å². The van der Waals surface area contributed by atoms with E-state index in [9.17, 15) is 9.59 Å². The van der Waals surface area contributed by atoms with Gasteiger partial charge in [-0.3, -0.25) is 14.2 Å². The summed E-state index contributed by atoms with van der Waals surface area (Å²) < 4.78 is 7.08. The normalized spacial score (nSPS) is 10.9. The lowest BCUT2D eigenvalue weighted by molar-refractivity contribution is -0.121. The number of carbonyl (C=O) groups excluding carboxylic acids is 1. The molecular weight excluding hydrogens is 398 g/mol. The van der Waals surface area contributed by atoms with E-state index >= 15 is 0 Å². The number of rotatable bonds is 6. The lowest BCUT2D eigenvalue weighted by Crippen LogP contribution is -2.32. The van der Waals surface area contributed by atoms with Crippen molar-refractivity contribution in [3.8, 4) is 16.2 Å². The molecule has 0 radical (unpaired) electrons. The van der Waals surface area contributed by atoms with Gasteiger partial charge in [-0.15, -0.1) is 11.3 Å². The third-order valence-electron chi connectivity index (χ3n) is 4.93. The summed E-state index contributed by atoms with van der Waals surface area (Å²) in [5, 5.41) is 2.87. The summed E-state index contributed by atoms with van der Waals surface area (Å²) in [4.78, 5) is 30.6. The van der Waals surface area contributed by atoms with Crippen LogP contribution in [0.5, 0.6) is 5.75 Å². The van der Waals surface area contributed by atoms with Crippen LogP contribution in [0.2, 0.25) is 0 Å². The number of fused-ring (bicyclic) bond motifs is 1. The first kappa shape index (κ1) is 19.8. The Labute approximate surface area is 177 Å². The molecule has 0 atom stereocenters. The van der Waals surface area contributed by atoms with Gasteiger partial charge in [-0.25, -0.2) is 4.98 Å². The lowest BCUT2D eigenvalue weighted by Gasteiger charge is -2.09. The highest BCUT2D eigenvalue weighted by Gasteiger charge is 2.13. The van der Waals surface area contributed by atoms with Gasteiger partial charge in [0, 0.05) is 11.4 Å². The monoisotopic (exact) mass is 419 g/mol. The van der Waals surface area contributed by atoms with Gasteiger partial charge in [0.25, 0.3) is 5.56 Å². The molecule has 152 valence electrons. The molecule has 1 N–H and O–H groups in total. The number of aryl methyl sites for hydroxylation is 1. The molecule has 30 heavy (non-hydrogen) atoms. The highest BCUT2D eigenvalue weighted by Crippen LogP contribution is 2.31. The molecule has 0 aliphatic heterocycles. The van der Waals surface area contributed by atoms with E-state index < -0.39 is 0 Å². The molecule has 6 nitrogen and oxygen atoms in total. The highest BCUT2D eigenvalue weighted by molar-refractivity contribution is 7.22. The van der Waals surface area contributed by atoms with Gasteiger partial charge in [0.05, 0.1) is 19.0 Å². The largest absolute Gasteiger partial charge is 0.497 e. The van der Waals surface area contributed by atoms with Crippen molar-refractivity contribution in [3.05, 3.63) is 82.4 Å². The van der Waals surface area contributed by atoms with Gasteiger partial charge in [0.2, 0.25) is 5.91 Å². The van der Waals surface area contributed by atoms with Crippen LogP contribution in [0.15, 0.2) is 65.7 Å². The summed E-state index contributed by atoms with van der Waals surface area (Å²) >= 11 is 1.38. The van der Waals surface area contributed by atoms with Crippen LogP contribution in [0.1, 0.15) is 11.1 Å². The minimum atomic E-state index is -0.228. The second-order valence-electron chi connectivity index (χ2n) is 6.93. The van der Waals surface area contributed by atoms with Crippen LogP contribution >= 0.6 is 11.3 Å². The second-order valence-corrected chi connectivity index (χ2v) is 7.99. The predicted molar refractivity (Wildman–Crippen MR) is 119 cm³/mol. The molecule has 4 rings (SSSR count). The molecule has 0 saturated heterocycles. The number of hydrogen-bond acceptors (Lipinski definition) is 5. The average molecular weight is 420 g/mol. The minimum Gasteiger partial charge on any atom is -0.497 e. The number of ether oxygens (including phenoxy) is 1. The molecule has 4 aromatic rings. The number of amides is 1. The van der Waals surface area contributed by atoms with Crippen molar-refractivity contribution in [2.24, 2.45) is 0 Å². The van der Waals surface area contributed by atoms with Gasteiger partial charge < -0.3 is 10.1 Å². The number of hydrogen-bond donors (Lipinski definition) is 1. The van der Waals surface area contributed by atoms with Crippen LogP contribution in [-0.4, -0.2) is 22.6 Å². The van der Waals surface area contributed by atoms with Crippen LogP contribution in [0.25, 0.3) is 20.7 Å². The third kappa shape index (κ3) is 4.11. The Bertz CT molecular complexity index is 1260. The summed E-state index contributed by atoms with van der Waals surface area (Å²) in [7, 11) is 1.62. The molecular formula is C23H21N3O3S. The van der Waals surface area contributed by atoms with Crippen molar-refractivity contribution in [2.45, 2.75) is 20.0 Å². The van der Waals surface area contributed by atoms with Gasteiger partial charge in [-0.05, 0) is 53.9 Å². The topological polar surface area (TPSA) is 73.2 Å². The molecule has 0 saturated carbocycles. The zero-order valence-corrected chi connectivity index (χ0v) is 17.5. The summed E-state index contributed by atoms with van der Waals surface area (Å²) in [5.74, 6) is 0.547. The van der Waals surface area contributed by atoms with E-state index in [0.29, 0.717) is 16.8 Å². The van der Waals surface area contributed by atoms with Crippen molar-refractivity contribution >= 4 is 27.5 Å². The average Bonchev–Trinajstić information content (AvgIpc) is 3.20. The number of nitrogens with zero attached hydrogens (tertiary/aromatic N) is 2. The smallest absolute Gasteiger partial charge is 0.271 e. The zero-order valence-electron chi connectivity index (χ0n) is 16.7. The summed E-state index contributed by atoms with van der Waals surface area (Å²) in [5.41, 5.74) is 3.57. The van der Waals surface area contributed by atoms with E-state index in [1.807, 2.05) is 61.5 Å². The van der Waals surface area contributed by atoms with E-state index in [1.165, 1.54) is 22.2 Å². The minimum absolute atomic E-state index is 0.0660. The second kappa shape index (κ2) is 8.51. The van der Waals surface area contributed by atoms with Gasteiger partial charge >= 0.3 is 0 Å². The van der Waals surface area contributed by atoms with E-state index in [1.54, 1.807) is 7.11 Å². The number of thiophene rings is 1. The van der Waals surface area contributed by atoms with Crippen molar-refractivity contribution in [1.29, 1.82) is 0 Å². The van der Waals surface area contributed by atoms with E-state index in [2.05, 4.69) is 10.3 Å². The molecule has 2 heterocycles. The number of methoxy groups -OCH3 is 1. The SMILES string of the molecule is COc1ccc(-c2cc3ncn(CC(=O)NCc4ccccc4C)c(=O)c3s2)cc1. The van der Waals surface area contributed by atoms with Gasteiger partial charge in [0.15, 0.2) is 0 Å². The third-order valence-corrected chi connectivity index (χ3v) is 6.09. The molecule has 0 bridgehead atoms. The highest BCUT2D eigenvalue weighted by atomic mass is 32.1. The van der Waals surface area contributed by atoms with E-state index in [4.69, 9.17) is 4.74 Å². The molecule has 1 amide bonds. The Morgan fingerprint density at radius 1 is 1.17 bits per heavy atom. The summed E-state index contributed by atoms with van der Waals surface area (Å²) in [6.07, 6.45) is 1.43. The number of nitrogens with one attached hydrogen (secondary N) is 1. The Morgan fingerprint density at radius 3 is 2.67 bits per heavy atom. The van der Waals surface area contributed by atoms with Crippen molar-refractivity contribution in [1.82, 2.24) is 14.9 Å². The molecule has 0 aliphatic carbocycles. The molecule has 0 aliphatic rings. The maximum absolute atomic E-state index is 12.9. The number of carbonyl (C=O) groups is 1. The van der Waals surface area contributed by atoms with E-state index in [-0.39, 0.29) is 18.0 Å². The van der Waals surface area contributed by atoms with Gasteiger partial charge in [-0.2, -0.15) is 0 Å². The molecule has 2 aromatic heterocycles. The van der Waals surface area contributed by atoms with E-state index in [0.717, 1.165) is 27.3 Å². The molecule has 7 heteroatoms. The lowest BCUT2D eigenvalue weighted by atomic mass is 10.1. The van der Waals surface area contributed by atoms with Crippen LogP contribution in [-0.2, 0) is 17.9 Å². The zero-order chi connectivity index (χ0) is 21.1. The molecule has 0 unspecified atom stereocenters. The maximum atomic E-state index is 12.9. The van der Waals surface area contributed by atoms with Crippen LogP contribution in [0.4, 0.5) is 0 Å². The maximum Gasteiger partial charge on any atom is 0.271 e. The fraction of sp³-hybridized carbons (Fsp3) is 0.174. The number of aromatic nitrogens is 2. The fourth-order valence-corrected chi connectivity index (χ4v) is 4.23. The van der Waals surface area contributed by atoms with Crippen LogP contribution in [0, 0.1) is 6.92 Å².